The number of methoxy groups -OCH3 is 1. The molecular formula is C9H8O5. The molecule has 0 radical (unpaired) electrons. The standard InChI is InChI=1S/C9H8O5/c1-14-7-3-2-6(11)5(4-10)8(7)9(12)13/h2-4,11H,1H3,(H,12,13). The average molecular weight is 196 g/mol. The first-order valence-corrected chi connectivity index (χ1v) is 3.70. The Kier molecular flexibility index (Phi) is 2.71. The fraction of sp³-hybridized carbons (Fsp3) is 0.111. The van der Waals surface area contributed by atoms with Crippen LogP contribution in [0.3, 0.4) is 0 Å². The molecule has 0 atom stereocenters. The van der Waals surface area contributed by atoms with Crippen molar-refractivity contribution in [2.75, 3.05) is 7.11 Å². The maximum atomic E-state index is 10.8. The molecular weight excluding hydrogens is 188 g/mol. The van der Waals surface area contributed by atoms with Gasteiger partial charge >= 0.3 is 5.97 Å². The van der Waals surface area contributed by atoms with Gasteiger partial charge in [-0.15, -0.1) is 0 Å². The normalized spacial score (nSPS) is 9.50. The monoisotopic (exact) mass is 196 g/mol. The van der Waals surface area contributed by atoms with Gasteiger partial charge in [-0.2, -0.15) is 0 Å². The number of aldehydes is 1. The highest BCUT2D eigenvalue weighted by Crippen LogP contribution is 2.28. The smallest absolute Gasteiger partial charge is 0.340 e. The molecule has 0 saturated heterocycles. The molecule has 1 rings (SSSR count). The van der Waals surface area contributed by atoms with Crippen LogP contribution in [0.5, 0.6) is 11.5 Å². The van der Waals surface area contributed by atoms with E-state index in [0.717, 1.165) is 0 Å². The Labute approximate surface area is 79.6 Å². The lowest BCUT2D eigenvalue weighted by Gasteiger charge is -2.07. The molecule has 74 valence electrons. The molecule has 2 N–H and O–H groups in total. The van der Waals surface area contributed by atoms with Gasteiger partial charge in [0.1, 0.15) is 17.1 Å². The number of hydrogen-bond acceptors (Lipinski definition) is 4. The zero-order chi connectivity index (χ0) is 10.7. The van der Waals surface area contributed by atoms with Crippen LogP contribution in [0.15, 0.2) is 12.1 Å². The van der Waals surface area contributed by atoms with E-state index >= 15 is 0 Å². The van der Waals surface area contributed by atoms with E-state index in [9.17, 15) is 14.7 Å². The number of carbonyl (C=O) groups is 2. The molecule has 1 aromatic rings. The number of phenols is 1. The maximum Gasteiger partial charge on any atom is 0.340 e. The molecule has 0 amide bonds. The number of hydrogen-bond donors (Lipinski definition) is 2. The van der Waals surface area contributed by atoms with Crippen molar-refractivity contribution in [2.45, 2.75) is 0 Å². The lowest BCUT2D eigenvalue weighted by molar-refractivity contribution is 0.0689. The number of benzene rings is 1. The summed E-state index contributed by atoms with van der Waals surface area (Å²) >= 11 is 0. The SMILES string of the molecule is COc1ccc(O)c(C=O)c1C(=O)O. The average Bonchev–Trinajstić information content (AvgIpc) is 2.17. The summed E-state index contributed by atoms with van der Waals surface area (Å²) in [4.78, 5) is 21.3. The molecule has 0 unspecified atom stereocenters. The molecule has 0 aliphatic carbocycles. The molecule has 0 fully saturated rings. The van der Waals surface area contributed by atoms with Gasteiger partial charge < -0.3 is 14.9 Å². The van der Waals surface area contributed by atoms with Gasteiger partial charge in [0.25, 0.3) is 0 Å². The molecule has 0 aromatic heterocycles. The number of phenolic OH excluding ortho intramolecular Hbond substituents is 1. The molecule has 0 spiro atoms. The number of carboxylic acid groups (broad SMARTS) is 1. The van der Waals surface area contributed by atoms with Gasteiger partial charge in [0.05, 0.1) is 12.7 Å². The second-order valence-corrected chi connectivity index (χ2v) is 2.50. The minimum atomic E-state index is -1.32. The summed E-state index contributed by atoms with van der Waals surface area (Å²) in [5.41, 5.74) is -0.612. The van der Waals surface area contributed by atoms with Crippen molar-refractivity contribution in [2.24, 2.45) is 0 Å². The zero-order valence-electron chi connectivity index (χ0n) is 7.35. The first-order chi connectivity index (χ1) is 6.61. The van der Waals surface area contributed by atoms with E-state index in [2.05, 4.69) is 0 Å². The number of rotatable bonds is 3. The summed E-state index contributed by atoms with van der Waals surface area (Å²) in [5.74, 6) is -1.66. The Bertz CT molecular complexity index is 383. The Morgan fingerprint density at radius 3 is 2.57 bits per heavy atom. The summed E-state index contributed by atoms with van der Waals surface area (Å²) in [5, 5.41) is 18.0. The first-order valence-electron chi connectivity index (χ1n) is 3.70. The highest BCUT2D eigenvalue weighted by molar-refractivity contribution is 6.01. The van der Waals surface area contributed by atoms with E-state index in [1.165, 1.54) is 19.2 Å². The molecule has 5 heteroatoms. The second kappa shape index (κ2) is 3.78. The molecule has 5 nitrogen and oxygen atoms in total. The summed E-state index contributed by atoms with van der Waals surface area (Å²) in [6.45, 7) is 0. The van der Waals surface area contributed by atoms with Gasteiger partial charge in [0.2, 0.25) is 0 Å². The van der Waals surface area contributed by atoms with Crippen LogP contribution in [0.1, 0.15) is 20.7 Å². The fourth-order valence-corrected chi connectivity index (χ4v) is 1.10. The van der Waals surface area contributed by atoms with Gasteiger partial charge in [-0.1, -0.05) is 0 Å². The van der Waals surface area contributed by atoms with E-state index in [4.69, 9.17) is 9.84 Å². The topological polar surface area (TPSA) is 83.8 Å². The van der Waals surface area contributed by atoms with Crippen molar-refractivity contribution in [3.05, 3.63) is 23.3 Å². The Morgan fingerprint density at radius 1 is 1.50 bits per heavy atom. The highest BCUT2D eigenvalue weighted by atomic mass is 16.5. The van der Waals surface area contributed by atoms with Crippen LogP contribution in [0, 0.1) is 0 Å². The van der Waals surface area contributed by atoms with Crippen LogP contribution >= 0.6 is 0 Å². The number of aromatic carboxylic acids is 1. The number of ether oxygens (including phenoxy) is 1. The van der Waals surface area contributed by atoms with Gasteiger partial charge in [-0.05, 0) is 12.1 Å². The van der Waals surface area contributed by atoms with Crippen LogP contribution in [-0.4, -0.2) is 29.6 Å². The van der Waals surface area contributed by atoms with Crippen molar-refractivity contribution >= 4 is 12.3 Å². The van der Waals surface area contributed by atoms with Crippen LogP contribution in [0.2, 0.25) is 0 Å². The molecule has 0 heterocycles. The van der Waals surface area contributed by atoms with Gasteiger partial charge in [0, 0.05) is 0 Å². The summed E-state index contributed by atoms with van der Waals surface area (Å²) in [7, 11) is 1.29. The third-order valence-corrected chi connectivity index (χ3v) is 1.74. The quantitative estimate of drug-likeness (QED) is 0.702. The van der Waals surface area contributed by atoms with Crippen LogP contribution in [0.4, 0.5) is 0 Å². The van der Waals surface area contributed by atoms with E-state index < -0.39 is 5.97 Å². The van der Waals surface area contributed by atoms with Gasteiger partial charge in [-0.25, -0.2) is 4.79 Å². The largest absolute Gasteiger partial charge is 0.507 e. The Balaban J connectivity index is 3.51. The van der Waals surface area contributed by atoms with Crippen molar-refractivity contribution in [1.29, 1.82) is 0 Å². The zero-order valence-corrected chi connectivity index (χ0v) is 7.35. The van der Waals surface area contributed by atoms with Crippen LogP contribution in [-0.2, 0) is 0 Å². The molecule has 0 aliphatic heterocycles. The molecule has 0 aliphatic rings. The highest BCUT2D eigenvalue weighted by Gasteiger charge is 2.19. The third kappa shape index (κ3) is 1.52. The maximum absolute atomic E-state index is 10.8. The Hall–Kier alpha value is -2.04. The van der Waals surface area contributed by atoms with Crippen molar-refractivity contribution in [3.63, 3.8) is 0 Å². The second-order valence-electron chi connectivity index (χ2n) is 2.50. The predicted molar refractivity (Wildman–Crippen MR) is 47.0 cm³/mol. The van der Waals surface area contributed by atoms with Crippen LogP contribution in [0.25, 0.3) is 0 Å². The van der Waals surface area contributed by atoms with Crippen molar-refractivity contribution in [3.8, 4) is 11.5 Å². The van der Waals surface area contributed by atoms with Crippen LogP contribution < -0.4 is 4.74 Å². The van der Waals surface area contributed by atoms with E-state index in [-0.39, 0.29) is 28.9 Å². The predicted octanol–water partition coefficient (Wildman–Crippen LogP) is 0.911. The van der Waals surface area contributed by atoms with E-state index in [1.54, 1.807) is 0 Å². The van der Waals surface area contributed by atoms with E-state index in [0.29, 0.717) is 0 Å². The summed E-state index contributed by atoms with van der Waals surface area (Å²) < 4.78 is 4.75. The van der Waals surface area contributed by atoms with Gasteiger partial charge in [-0.3, -0.25) is 4.79 Å². The Morgan fingerprint density at radius 2 is 2.14 bits per heavy atom. The third-order valence-electron chi connectivity index (χ3n) is 1.74. The summed E-state index contributed by atoms with van der Waals surface area (Å²) in [6, 6.07) is 2.49. The lowest BCUT2D eigenvalue weighted by Crippen LogP contribution is -2.05. The van der Waals surface area contributed by atoms with Crippen molar-refractivity contribution < 1.29 is 24.5 Å². The molecule has 0 saturated carbocycles. The van der Waals surface area contributed by atoms with E-state index in [1.807, 2.05) is 0 Å². The number of carbonyl (C=O) groups excluding carboxylic acids is 1. The van der Waals surface area contributed by atoms with Gasteiger partial charge in [0.15, 0.2) is 6.29 Å². The minimum absolute atomic E-state index is 0.0393. The summed E-state index contributed by atoms with van der Waals surface area (Å²) in [6.07, 6.45) is 0.279. The first kappa shape index (κ1) is 10.0. The molecule has 0 bridgehead atoms. The number of carboxylic acids is 1. The number of aromatic hydroxyl groups is 1. The fourth-order valence-electron chi connectivity index (χ4n) is 1.10. The minimum Gasteiger partial charge on any atom is -0.507 e. The van der Waals surface area contributed by atoms with Crippen molar-refractivity contribution in [1.82, 2.24) is 0 Å². The molecule has 14 heavy (non-hydrogen) atoms. The lowest BCUT2D eigenvalue weighted by atomic mass is 10.1. The molecule has 1 aromatic carbocycles.